The third kappa shape index (κ3) is 5.95. The van der Waals surface area contributed by atoms with Crippen LogP contribution in [0.15, 0.2) is 24.3 Å². The molecule has 1 aromatic carbocycles. The largest absolute Gasteiger partial charge is 0.494 e. The third-order valence-electron chi connectivity index (χ3n) is 2.55. The Hall–Kier alpha value is -1.51. The van der Waals surface area contributed by atoms with Gasteiger partial charge in [0, 0.05) is 6.42 Å². The number of carboxylic acid groups (broad SMARTS) is 1. The van der Waals surface area contributed by atoms with Crippen molar-refractivity contribution in [2.45, 2.75) is 39.0 Å². The average Bonchev–Trinajstić information content (AvgIpc) is 2.33. The number of unbranched alkanes of at least 4 members (excludes halogenated alkanes) is 1. The molecule has 17 heavy (non-hydrogen) atoms. The molecule has 0 spiro atoms. The molecule has 1 rings (SSSR count). The molecule has 0 fully saturated rings. The lowest BCUT2D eigenvalue weighted by Gasteiger charge is -2.06. The predicted molar refractivity (Wildman–Crippen MR) is 67.4 cm³/mol. The first-order valence-corrected chi connectivity index (χ1v) is 6.16. The highest BCUT2D eigenvalue weighted by molar-refractivity contribution is 5.66. The molecule has 0 aliphatic carbocycles. The standard InChI is InChI=1S/C14H20O3/c1-2-3-5-12-7-9-13(10-8-12)17-11-4-6-14(15)16/h7-10H,2-6,11H2,1H3,(H,15,16). The van der Waals surface area contributed by atoms with Gasteiger partial charge >= 0.3 is 5.97 Å². The highest BCUT2D eigenvalue weighted by atomic mass is 16.5. The molecule has 0 radical (unpaired) electrons. The average molecular weight is 236 g/mol. The van der Waals surface area contributed by atoms with Gasteiger partial charge in [-0.3, -0.25) is 4.79 Å². The summed E-state index contributed by atoms with van der Waals surface area (Å²) < 4.78 is 5.45. The van der Waals surface area contributed by atoms with Gasteiger partial charge in [0.25, 0.3) is 0 Å². The minimum atomic E-state index is -0.775. The van der Waals surface area contributed by atoms with Crippen molar-refractivity contribution in [2.24, 2.45) is 0 Å². The van der Waals surface area contributed by atoms with Crippen LogP contribution in [-0.4, -0.2) is 17.7 Å². The van der Waals surface area contributed by atoms with Crippen LogP contribution in [0.5, 0.6) is 5.75 Å². The van der Waals surface area contributed by atoms with Gasteiger partial charge in [-0.25, -0.2) is 0 Å². The van der Waals surface area contributed by atoms with Crippen LogP contribution in [0.2, 0.25) is 0 Å². The minimum absolute atomic E-state index is 0.161. The first kappa shape index (κ1) is 13.6. The minimum Gasteiger partial charge on any atom is -0.494 e. The highest BCUT2D eigenvalue weighted by Gasteiger charge is 1.98. The number of aryl methyl sites for hydroxylation is 1. The smallest absolute Gasteiger partial charge is 0.303 e. The van der Waals surface area contributed by atoms with Crippen LogP contribution in [0.25, 0.3) is 0 Å². The van der Waals surface area contributed by atoms with E-state index in [2.05, 4.69) is 19.1 Å². The molecule has 0 atom stereocenters. The van der Waals surface area contributed by atoms with Crippen molar-refractivity contribution >= 4 is 5.97 Å². The van der Waals surface area contributed by atoms with Gasteiger partial charge < -0.3 is 9.84 Å². The van der Waals surface area contributed by atoms with Gasteiger partial charge in [-0.2, -0.15) is 0 Å². The summed E-state index contributed by atoms with van der Waals surface area (Å²) in [5.74, 6) is 0.0409. The zero-order valence-corrected chi connectivity index (χ0v) is 10.3. The van der Waals surface area contributed by atoms with Crippen LogP contribution in [0, 0.1) is 0 Å². The Morgan fingerprint density at radius 3 is 2.53 bits per heavy atom. The number of benzene rings is 1. The van der Waals surface area contributed by atoms with Crippen LogP contribution >= 0.6 is 0 Å². The number of aliphatic carboxylic acids is 1. The van der Waals surface area contributed by atoms with Crippen molar-refractivity contribution in [1.82, 2.24) is 0 Å². The molecule has 3 heteroatoms. The number of hydrogen-bond donors (Lipinski definition) is 1. The van der Waals surface area contributed by atoms with E-state index in [1.165, 1.54) is 18.4 Å². The van der Waals surface area contributed by atoms with Crippen LogP contribution < -0.4 is 4.74 Å². The van der Waals surface area contributed by atoms with E-state index in [4.69, 9.17) is 9.84 Å². The van der Waals surface area contributed by atoms with Gasteiger partial charge in [0.2, 0.25) is 0 Å². The molecule has 0 aromatic heterocycles. The maximum Gasteiger partial charge on any atom is 0.303 e. The van der Waals surface area contributed by atoms with Gasteiger partial charge in [0.05, 0.1) is 6.61 Å². The Morgan fingerprint density at radius 2 is 1.94 bits per heavy atom. The number of ether oxygens (including phenoxy) is 1. The molecule has 3 nitrogen and oxygen atoms in total. The molecule has 0 saturated heterocycles. The lowest BCUT2D eigenvalue weighted by Crippen LogP contribution is -2.02. The second-order valence-electron chi connectivity index (χ2n) is 4.09. The maximum atomic E-state index is 10.3. The molecule has 0 aliphatic heterocycles. The molecule has 0 saturated carbocycles. The van der Waals surface area contributed by atoms with Crippen molar-refractivity contribution < 1.29 is 14.6 Å². The molecule has 1 N–H and O–H groups in total. The highest BCUT2D eigenvalue weighted by Crippen LogP contribution is 2.14. The molecular formula is C14H20O3. The lowest BCUT2D eigenvalue weighted by atomic mass is 10.1. The van der Waals surface area contributed by atoms with E-state index in [1.54, 1.807) is 0 Å². The number of rotatable bonds is 8. The number of carboxylic acids is 1. The van der Waals surface area contributed by atoms with Crippen LogP contribution in [-0.2, 0) is 11.2 Å². The summed E-state index contributed by atoms with van der Waals surface area (Å²) in [6.07, 6.45) is 4.23. The summed E-state index contributed by atoms with van der Waals surface area (Å²) in [7, 11) is 0. The zero-order chi connectivity index (χ0) is 12.5. The first-order valence-electron chi connectivity index (χ1n) is 6.16. The van der Waals surface area contributed by atoms with Gasteiger partial charge in [0.1, 0.15) is 5.75 Å². The fourth-order valence-electron chi connectivity index (χ4n) is 1.55. The van der Waals surface area contributed by atoms with Gasteiger partial charge in [-0.1, -0.05) is 25.5 Å². The monoisotopic (exact) mass is 236 g/mol. The van der Waals surface area contributed by atoms with E-state index in [1.807, 2.05) is 12.1 Å². The molecule has 94 valence electrons. The number of carbonyl (C=O) groups is 1. The molecular weight excluding hydrogens is 216 g/mol. The summed E-state index contributed by atoms with van der Waals surface area (Å²) >= 11 is 0. The lowest BCUT2D eigenvalue weighted by molar-refractivity contribution is -0.137. The van der Waals surface area contributed by atoms with E-state index in [0.717, 1.165) is 12.2 Å². The Morgan fingerprint density at radius 1 is 1.24 bits per heavy atom. The Labute approximate surface area is 102 Å². The van der Waals surface area contributed by atoms with Gasteiger partial charge in [-0.15, -0.1) is 0 Å². The summed E-state index contributed by atoms with van der Waals surface area (Å²) in [5, 5.41) is 8.47. The SMILES string of the molecule is CCCCc1ccc(OCCCC(=O)O)cc1. The van der Waals surface area contributed by atoms with Crippen LogP contribution in [0.3, 0.4) is 0 Å². The molecule has 0 unspecified atom stereocenters. The van der Waals surface area contributed by atoms with Crippen molar-refractivity contribution in [3.05, 3.63) is 29.8 Å². The second kappa shape index (κ2) is 7.71. The van der Waals surface area contributed by atoms with Crippen molar-refractivity contribution in [2.75, 3.05) is 6.61 Å². The van der Waals surface area contributed by atoms with E-state index in [9.17, 15) is 4.79 Å². The maximum absolute atomic E-state index is 10.3. The summed E-state index contributed by atoms with van der Waals surface area (Å²) in [4.78, 5) is 10.3. The topological polar surface area (TPSA) is 46.5 Å². The molecule has 0 bridgehead atoms. The number of hydrogen-bond acceptors (Lipinski definition) is 2. The molecule has 0 heterocycles. The predicted octanol–water partition coefficient (Wildman–Crippen LogP) is 3.27. The normalized spacial score (nSPS) is 10.2. The van der Waals surface area contributed by atoms with Gasteiger partial charge in [-0.05, 0) is 37.0 Å². The van der Waals surface area contributed by atoms with E-state index in [-0.39, 0.29) is 6.42 Å². The van der Waals surface area contributed by atoms with E-state index in [0.29, 0.717) is 13.0 Å². The summed E-state index contributed by atoms with van der Waals surface area (Å²) in [6, 6.07) is 8.04. The van der Waals surface area contributed by atoms with E-state index >= 15 is 0 Å². The van der Waals surface area contributed by atoms with Crippen LogP contribution in [0.4, 0.5) is 0 Å². The summed E-state index contributed by atoms with van der Waals surface area (Å²) in [6.45, 7) is 2.64. The fraction of sp³-hybridized carbons (Fsp3) is 0.500. The van der Waals surface area contributed by atoms with Crippen molar-refractivity contribution in [3.63, 3.8) is 0 Å². The molecule has 0 amide bonds. The van der Waals surface area contributed by atoms with E-state index < -0.39 is 5.97 Å². The first-order chi connectivity index (χ1) is 8.22. The quantitative estimate of drug-likeness (QED) is 0.705. The van der Waals surface area contributed by atoms with Crippen molar-refractivity contribution in [3.8, 4) is 5.75 Å². The van der Waals surface area contributed by atoms with Crippen LogP contribution in [0.1, 0.15) is 38.2 Å². The van der Waals surface area contributed by atoms with Gasteiger partial charge in [0.15, 0.2) is 0 Å². The Balaban J connectivity index is 2.27. The van der Waals surface area contributed by atoms with Crippen molar-refractivity contribution in [1.29, 1.82) is 0 Å². The Bertz CT molecular complexity index is 330. The fourth-order valence-corrected chi connectivity index (χ4v) is 1.55. The molecule has 0 aliphatic rings. The third-order valence-corrected chi connectivity index (χ3v) is 2.55. The second-order valence-corrected chi connectivity index (χ2v) is 4.09. The molecule has 1 aromatic rings. The Kier molecular flexibility index (Phi) is 6.15. The summed E-state index contributed by atoms with van der Waals surface area (Å²) in [5.41, 5.74) is 1.32. The zero-order valence-electron chi connectivity index (χ0n) is 10.3.